The molecule has 240 valence electrons. The zero-order valence-corrected chi connectivity index (χ0v) is 27.1. The molecule has 0 bridgehead atoms. The number of carbonyl (C=O) groups excluding carboxylic acids is 2. The normalized spacial score (nSPS) is 16.3. The van der Waals surface area contributed by atoms with Gasteiger partial charge in [-0.25, -0.2) is 13.6 Å². The van der Waals surface area contributed by atoms with E-state index in [1.807, 2.05) is 61.5 Å². The Hall–Kier alpha value is -4.17. The largest absolute Gasteiger partial charge is 0.449 e. The molecule has 0 aliphatic carbocycles. The van der Waals surface area contributed by atoms with Crippen LogP contribution in [-0.4, -0.2) is 52.8 Å². The molecule has 0 aromatic heterocycles. The molecule has 0 radical (unpaired) electrons. The summed E-state index contributed by atoms with van der Waals surface area (Å²) in [6.45, 7) is 4.23. The molecule has 8 heteroatoms. The van der Waals surface area contributed by atoms with E-state index in [0.717, 1.165) is 47.7 Å². The standard InChI is InChI=1S/C38H40F2N2O3S/c1-3-4-22-45-37(44)42-27-35(24-34(42)26-41(28(2)43)25-29-23-33(39)20-21-36(29)40)46-38(30-14-8-5-9-15-30,31-16-10-6-11-17-31)32-18-12-7-13-19-32/h5-21,23,34-35H,3-4,22,24-27H2,1-2H3/t34-,35+/m0/s1. The van der Waals surface area contributed by atoms with Crippen molar-refractivity contribution in [1.82, 2.24) is 9.80 Å². The summed E-state index contributed by atoms with van der Waals surface area (Å²) in [7, 11) is 0. The predicted octanol–water partition coefficient (Wildman–Crippen LogP) is 8.42. The smallest absolute Gasteiger partial charge is 0.410 e. The van der Waals surface area contributed by atoms with Crippen molar-refractivity contribution in [2.24, 2.45) is 0 Å². The van der Waals surface area contributed by atoms with Crippen molar-refractivity contribution in [1.29, 1.82) is 0 Å². The first-order valence-corrected chi connectivity index (χ1v) is 16.7. The number of carbonyl (C=O) groups is 2. The van der Waals surface area contributed by atoms with E-state index < -0.39 is 22.5 Å². The molecule has 4 aromatic rings. The van der Waals surface area contributed by atoms with Gasteiger partial charge in [-0.3, -0.25) is 4.79 Å². The highest BCUT2D eigenvalue weighted by Gasteiger charge is 2.45. The minimum absolute atomic E-state index is 0.0379. The fourth-order valence-electron chi connectivity index (χ4n) is 6.14. The van der Waals surface area contributed by atoms with Crippen molar-refractivity contribution in [2.45, 2.75) is 55.7 Å². The van der Waals surface area contributed by atoms with Gasteiger partial charge in [0.05, 0.1) is 17.4 Å². The third-order valence-corrected chi connectivity index (χ3v) is 10.2. The van der Waals surface area contributed by atoms with Gasteiger partial charge in [-0.1, -0.05) is 104 Å². The van der Waals surface area contributed by atoms with Gasteiger partial charge < -0.3 is 14.5 Å². The van der Waals surface area contributed by atoms with Gasteiger partial charge in [0.2, 0.25) is 5.91 Å². The average Bonchev–Trinajstić information content (AvgIpc) is 3.48. The van der Waals surface area contributed by atoms with Gasteiger partial charge in [0.25, 0.3) is 0 Å². The van der Waals surface area contributed by atoms with Crippen molar-refractivity contribution in [2.75, 3.05) is 19.7 Å². The SMILES string of the molecule is CCCCOC(=O)N1C[C@H](SC(c2ccccc2)(c2ccccc2)c2ccccc2)C[C@H]1CN(Cc1cc(F)ccc1F)C(C)=O. The minimum Gasteiger partial charge on any atom is -0.449 e. The third kappa shape index (κ3) is 7.61. The van der Waals surface area contributed by atoms with Gasteiger partial charge in [0, 0.05) is 37.4 Å². The topological polar surface area (TPSA) is 49.9 Å². The van der Waals surface area contributed by atoms with Gasteiger partial charge >= 0.3 is 6.09 Å². The maximum absolute atomic E-state index is 14.6. The third-order valence-electron chi connectivity index (χ3n) is 8.46. The number of hydrogen-bond acceptors (Lipinski definition) is 4. The lowest BCUT2D eigenvalue weighted by molar-refractivity contribution is -0.130. The number of amides is 2. The summed E-state index contributed by atoms with van der Waals surface area (Å²) >= 11 is 1.79. The van der Waals surface area contributed by atoms with Gasteiger partial charge in [-0.05, 0) is 47.7 Å². The predicted molar refractivity (Wildman–Crippen MR) is 179 cm³/mol. The number of benzene rings is 4. The van der Waals surface area contributed by atoms with E-state index >= 15 is 0 Å². The van der Waals surface area contributed by atoms with Crippen LogP contribution in [0, 0.1) is 11.6 Å². The summed E-state index contributed by atoms with van der Waals surface area (Å²) in [4.78, 5) is 29.6. The number of thioether (sulfide) groups is 1. The summed E-state index contributed by atoms with van der Waals surface area (Å²) in [5.74, 6) is -1.44. The summed E-state index contributed by atoms with van der Waals surface area (Å²) in [6.07, 6.45) is 1.80. The molecule has 5 nitrogen and oxygen atoms in total. The van der Waals surface area contributed by atoms with Crippen LogP contribution in [0.5, 0.6) is 0 Å². The Kier molecular flexibility index (Phi) is 11.1. The molecule has 1 heterocycles. The second-order valence-corrected chi connectivity index (χ2v) is 13.2. The van der Waals surface area contributed by atoms with Crippen LogP contribution in [0.4, 0.5) is 13.6 Å². The summed E-state index contributed by atoms with van der Waals surface area (Å²) in [5, 5.41) is -0.0379. The Labute approximate surface area is 274 Å². The first kappa shape index (κ1) is 33.2. The molecule has 0 saturated carbocycles. The van der Waals surface area contributed by atoms with E-state index in [2.05, 4.69) is 36.4 Å². The van der Waals surface area contributed by atoms with Gasteiger partial charge in [0.1, 0.15) is 11.6 Å². The molecule has 46 heavy (non-hydrogen) atoms. The lowest BCUT2D eigenvalue weighted by Gasteiger charge is -2.37. The highest BCUT2D eigenvalue weighted by atomic mass is 32.2. The Balaban J connectivity index is 1.51. The van der Waals surface area contributed by atoms with E-state index in [1.54, 1.807) is 16.7 Å². The van der Waals surface area contributed by atoms with Crippen LogP contribution in [0.25, 0.3) is 0 Å². The van der Waals surface area contributed by atoms with Crippen LogP contribution in [-0.2, 0) is 20.8 Å². The van der Waals surface area contributed by atoms with E-state index in [9.17, 15) is 18.4 Å². The second kappa shape index (κ2) is 15.4. The highest BCUT2D eigenvalue weighted by Crippen LogP contribution is 2.52. The van der Waals surface area contributed by atoms with Gasteiger partial charge in [-0.2, -0.15) is 0 Å². The fourth-order valence-corrected chi connectivity index (χ4v) is 8.01. The lowest BCUT2D eigenvalue weighted by Crippen LogP contribution is -2.44. The van der Waals surface area contributed by atoms with E-state index in [-0.39, 0.29) is 35.9 Å². The number of rotatable bonds is 12. The maximum Gasteiger partial charge on any atom is 0.410 e. The summed E-state index contributed by atoms with van der Waals surface area (Å²) in [6, 6.07) is 34.0. The number of halogens is 2. The van der Waals surface area contributed by atoms with Crippen molar-refractivity contribution >= 4 is 23.8 Å². The number of ether oxygens (including phenoxy) is 1. The molecule has 2 amide bonds. The first-order chi connectivity index (χ1) is 22.3. The van der Waals surface area contributed by atoms with Crippen LogP contribution in [0.3, 0.4) is 0 Å². The van der Waals surface area contributed by atoms with E-state index in [1.165, 1.54) is 11.8 Å². The Morgan fingerprint density at radius 2 is 1.46 bits per heavy atom. The molecular formula is C38H40F2N2O3S. The summed E-state index contributed by atoms with van der Waals surface area (Å²) in [5.41, 5.74) is 3.44. The Morgan fingerprint density at radius 3 is 1.98 bits per heavy atom. The average molecular weight is 643 g/mol. The second-order valence-electron chi connectivity index (χ2n) is 11.7. The molecule has 5 rings (SSSR count). The zero-order valence-electron chi connectivity index (χ0n) is 26.3. The van der Waals surface area contributed by atoms with Gasteiger partial charge in [-0.15, -0.1) is 11.8 Å². The Morgan fingerprint density at radius 1 is 0.891 bits per heavy atom. The van der Waals surface area contributed by atoms with E-state index in [4.69, 9.17) is 4.74 Å². The van der Waals surface area contributed by atoms with Crippen molar-refractivity contribution in [3.05, 3.63) is 143 Å². The van der Waals surface area contributed by atoms with Crippen LogP contribution >= 0.6 is 11.8 Å². The fraction of sp³-hybridized carbons (Fsp3) is 0.316. The first-order valence-electron chi connectivity index (χ1n) is 15.8. The number of likely N-dealkylation sites (tertiary alicyclic amines) is 1. The number of nitrogens with zero attached hydrogens (tertiary/aromatic N) is 2. The summed E-state index contributed by atoms with van der Waals surface area (Å²) < 4.78 is 33.7. The van der Waals surface area contributed by atoms with Crippen LogP contribution in [0.2, 0.25) is 0 Å². The van der Waals surface area contributed by atoms with Gasteiger partial charge in [0.15, 0.2) is 0 Å². The van der Waals surface area contributed by atoms with Crippen LogP contribution in [0.15, 0.2) is 109 Å². The zero-order chi connectivity index (χ0) is 32.5. The molecule has 4 aromatic carbocycles. The molecular weight excluding hydrogens is 602 g/mol. The van der Waals surface area contributed by atoms with Crippen molar-refractivity contribution in [3.63, 3.8) is 0 Å². The quantitative estimate of drug-likeness (QED) is 0.115. The molecule has 2 atom stereocenters. The minimum atomic E-state index is -0.591. The molecule has 1 fully saturated rings. The maximum atomic E-state index is 14.6. The van der Waals surface area contributed by atoms with Crippen LogP contribution < -0.4 is 0 Å². The lowest BCUT2D eigenvalue weighted by atomic mass is 9.84. The molecule has 0 spiro atoms. The van der Waals surface area contributed by atoms with E-state index in [0.29, 0.717) is 19.6 Å². The molecule has 1 saturated heterocycles. The number of hydrogen-bond donors (Lipinski definition) is 0. The highest BCUT2D eigenvalue weighted by molar-refractivity contribution is 8.01. The molecule has 0 unspecified atom stereocenters. The number of unbranched alkanes of at least 4 members (excludes halogenated alkanes) is 1. The monoisotopic (exact) mass is 642 g/mol. The van der Waals surface area contributed by atoms with Crippen molar-refractivity contribution in [3.8, 4) is 0 Å². The van der Waals surface area contributed by atoms with Crippen molar-refractivity contribution < 1.29 is 23.1 Å². The molecule has 1 aliphatic rings. The molecule has 0 N–H and O–H groups in total. The molecule has 1 aliphatic heterocycles. The van der Waals surface area contributed by atoms with Crippen LogP contribution in [0.1, 0.15) is 55.4 Å². The Bertz CT molecular complexity index is 1490.